The minimum atomic E-state index is -0.0495. The third-order valence-corrected chi connectivity index (χ3v) is 3.58. The molecule has 2 rings (SSSR count). The molecule has 1 aromatic carbocycles. The molecular weight excluding hydrogens is 236 g/mol. The lowest BCUT2D eigenvalue weighted by molar-refractivity contribution is -0.131. The maximum atomic E-state index is 12.1. The minimum Gasteiger partial charge on any atom is -0.338 e. The number of rotatable bonds is 4. The summed E-state index contributed by atoms with van der Waals surface area (Å²) in [6.45, 7) is 3.70. The van der Waals surface area contributed by atoms with Crippen LogP contribution in [0, 0.1) is 0 Å². The Bertz CT molecular complexity index is 453. The Morgan fingerprint density at radius 2 is 2.11 bits per heavy atom. The summed E-state index contributed by atoms with van der Waals surface area (Å²) >= 11 is 0. The van der Waals surface area contributed by atoms with Crippen molar-refractivity contribution in [2.75, 3.05) is 13.1 Å². The van der Waals surface area contributed by atoms with Gasteiger partial charge in [-0.2, -0.15) is 0 Å². The van der Waals surface area contributed by atoms with Gasteiger partial charge >= 0.3 is 0 Å². The van der Waals surface area contributed by atoms with Gasteiger partial charge in [-0.3, -0.25) is 4.79 Å². The molecule has 0 aliphatic carbocycles. The van der Waals surface area contributed by atoms with Crippen LogP contribution in [-0.2, 0) is 4.79 Å². The van der Waals surface area contributed by atoms with Gasteiger partial charge in [0, 0.05) is 25.6 Å². The van der Waals surface area contributed by atoms with E-state index in [1.807, 2.05) is 35.2 Å². The van der Waals surface area contributed by atoms with E-state index in [4.69, 9.17) is 5.73 Å². The molecule has 3 nitrogen and oxygen atoms in total. The first-order chi connectivity index (χ1) is 9.16. The van der Waals surface area contributed by atoms with Gasteiger partial charge in [0.05, 0.1) is 0 Å². The molecule has 0 saturated carbocycles. The van der Waals surface area contributed by atoms with E-state index in [2.05, 4.69) is 13.0 Å². The molecule has 2 N–H and O–H groups in total. The van der Waals surface area contributed by atoms with E-state index in [9.17, 15) is 4.79 Å². The van der Waals surface area contributed by atoms with E-state index < -0.39 is 0 Å². The summed E-state index contributed by atoms with van der Waals surface area (Å²) in [5, 5.41) is 0. The lowest BCUT2D eigenvalue weighted by atomic mass is 10.0. The summed E-state index contributed by atoms with van der Waals surface area (Å²) in [6.07, 6.45) is 4.42. The van der Waals surface area contributed by atoms with Crippen LogP contribution >= 0.6 is 0 Å². The second kappa shape index (κ2) is 6.53. The SMILES string of the molecule is CC1=CCCN(C(=O)CCC(N)c2ccccc2)C1. The van der Waals surface area contributed by atoms with Crippen LogP contribution in [0.2, 0.25) is 0 Å². The van der Waals surface area contributed by atoms with E-state index in [-0.39, 0.29) is 11.9 Å². The number of carbonyl (C=O) groups excluding carboxylic acids is 1. The quantitative estimate of drug-likeness (QED) is 0.844. The minimum absolute atomic E-state index is 0.0495. The molecule has 1 unspecified atom stereocenters. The average molecular weight is 258 g/mol. The van der Waals surface area contributed by atoms with Gasteiger partial charge < -0.3 is 10.6 Å². The highest BCUT2D eigenvalue weighted by molar-refractivity contribution is 5.76. The smallest absolute Gasteiger partial charge is 0.222 e. The summed E-state index contributed by atoms with van der Waals surface area (Å²) in [5.41, 5.74) is 8.50. The van der Waals surface area contributed by atoms with Gasteiger partial charge in [-0.15, -0.1) is 0 Å². The van der Waals surface area contributed by atoms with Crippen LogP contribution in [0.25, 0.3) is 0 Å². The molecular formula is C16H22N2O. The first kappa shape index (κ1) is 13.8. The van der Waals surface area contributed by atoms with E-state index in [1.165, 1.54) is 5.57 Å². The zero-order chi connectivity index (χ0) is 13.7. The van der Waals surface area contributed by atoms with Crippen LogP contribution in [0.5, 0.6) is 0 Å². The van der Waals surface area contributed by atoms with Gasteiger partial charge in [-0.1, -0.05) is 42.0 Å². The maximum absolute atomic E-state index is 12.1. The average Bonchev–Trinajstić information content (AvgIpc) is 2.45. The molecule has 1 heterocycles. The molecule has 1 aromatic rings. The molecule has 1 amide bonds. The van der Waals surface area contributed by atoms with Gasteiger partial charge in [0.2, 0.25) is 5.91 Å². The molecule has 0 bridgehead atoms. The summed E-state index contributed by atoms with van der Waals surface area (Å²) in [5.74, 6) is 0.221. The van der Waals surface area contributed by atoms with Gasteiger partial charge in [0.1, 0.15) is 0 Å². The number of nitrogens with two attached hydrogens (primary N) is 1. The van der Waals surface area contributed by atoms with Crippen LogP contribution in [0.15, 0.2) is 42.0 Å². The van der Waals surface area contributed by atoms with Crippen molar-refractivity contribution >= 4 is 5.91 Å². The van der Waals surface area contributed by atoms with Gasteiger partial charge in [-0.25, -0.2) is 0 Å². The molecule has 0 fully saturated rings. The van der Waals surface area contributed by atoms with Crippen molar-refractivity contribution < 1.29 is 4.79 Å². The zero-order valence-electron chi connectivity index (χ0n) is 11.5. The number of hydrogen-bond donors (Lipinski definition) is 1. The molecule has 1 atom stereocenters. The third-order valence-electron chi connectivity index (χ3n) is 3.58. The highest BCUT2D eigenvalue weighted by Gasteiger charge is 2.17. The topological polar surface area (TPSA) is 46.3 Å². The molecule has 0 spiro atoms. The van der Waals surface area contributed by atoms with Gasteiger partial charge in [0.25, 0.3) is 0 Å². The zero-order valence-corrected chi connectivity index (χ0v) is 11.5. The molecule has 3 heteroatoms. The van der Waals surface area contributed by atoms with E-state index in [0.717, 1.165) is 25.1 Å². The molecule has 0 saturated heterocycles. The van der Waals surface area contributed by atoms with Crippen LogP contribution in [0.1, 0.15) is 37.8 Å². The molecule has 102 valence electrons. The van der Waals surface area contributed by atoms with Crippen LogP contribution in [0.4, 0.5) is 0 Å². The monoisotopic (exact) mass is 258 g/mol. The van der Waals surface area contributed by atoms with E-state index >= 15 is 0 Å². The normalized spacial score (nSPS) is 16.9. The summed E-state index contributed by atoms with van der Waals surface area (Å²) in [7, 11) is 0. The second-order valence-corrected chi connectivity index (χ2v) is 5.21. The molecule has 0 aromatic heterocycles. The highest BCUT2D eigenvalue weighted by Crippen LogP contribution is 2.17. The second-order valence-electron chi connectivity index (χ2n) is 5.21. The van der Waals surface area contributed by atoms with Crippen molar-refractivity contribution in [3.8, 4) is 0 Å². The molecule has 19 heavy (non-hydrogen) atoms. The van der Waals surface area contributed by atoms with Crippen LogP contribution in [-0.4, -0.2) is 23.9 Å². The Kier molecular flexibility index (Phi) is 4.74. The Morgan fingerprint density at radius 3 is 2.79 bits per heavy atom. The lowest BCUT2D eigenvalue weighted by Gasteiger charge is -2.26. The number of amides is 1. The predicted octanol–water partition coefficient (Wildman–Crippen LogP) is 2.65. The lowest BCUT2D eigenvalue weighted by Crippen LogP contribution is -2.35. The first-order valence-electron chi connectivity index (χ1n) is 6.91. The third kappa shape index (κ3) is 3.93. The predicted molar refractivity (Wildman–Crippen MR) is 77.6 cm³/mol. The molecule has 1 aliphatic rings. The van der Waals surface area contributed by atoms with Gasteiger partial charge in [-0.05, 0) is 25.3 Å². The van der Waals surface area contributed by atoms with Crippen LogP contribution < -0.4 is 5.73 Å². The largest absolute Gasteiger partial charge is 0.338 e. The van der Waals surface area contributed by atoms with Crippen LogP contribution in [0.3, 0.4) is 0 Å². The number of carbonyl (C=O) groups is 1. The van der Waals surface area contributed by atoms with Crippen molar-refractivity contribution in [3.63, 3.8) is 0 Å². The number of hydrogen-bond acceptors (Lipinski definition) is 2. The Morgan fingerprint density at radius 1 is 1.37 bits per heavy atom. The maximum Gasteiger partial charge on any atom is 0.222 e. The van der Waals surface area contributed by atoms with E-state index in [0.29, 0.717) is 12.8 Å². The fourth-order valence-electron chi connectivity index (χ4n) is 2.43. The number of nitrogens with zero attached hydrogens (tertiary/aromatic N) is 1. The first-order valence-corrected chi connectivity index (χ1v) is 6.91. The van der Waals surface area contributed by atoms with Crippen molar-refractivity contribution in [2.45, 2.75) is 32.2 Å². The Labute approximate surface area is 115 Å². The standard InChI is InChI=1S/C16H22N2O/c1-13-6-5-11-18(12-13)16(19)10-9-15(17)14-7-3-2-4-8-14/h2-4,6-8,15H,5,9-12,17H2,1H3. The summed E-state index contributed by atoms with van der Waals surface area (Å²) < 4.78 is 0. The van der Waals surface area contributed by atoms with Crippen molar-refractivity contribution in [2.24, 2.45) is 5.73 Å². The van der Waals surface area contributed by atoms with E-state index in [1.54, 1.807) is 0 Å². The summed E-state index contributed by atoms with van der Waals surface area (Å²) in [4.78, 5) is 14.1. The van der Waals surface area contributed by atoms with Crippen molar-refractivity contribution in [1.82, 2.24) is 4.90 Å². The molecule has 1 aliphatic heterocycles. The Balaban J connectivity index is 1.82. The number of benzene rings is 1. The fourth-order valence-corrected chi connectivity index (χ4v) is 2.43. The highest BCUT2D eigenvalue weighted by atomic mass is 16.2. The van der Waals surface area contributed by atoms with Gasteiger partial charge in [0.15, 0.2) is 0 Å². The summed E-state index contributed by atoms with van der Waals surface area (Å²) in [6, 6.07) is 9.92. The van der Waals surface area contributed by atoms with Crippen molar-refractivity contribution in [1.29, 1.82) is 0 Å². The fraction of sp³-hybridized carbons (Fsp3) is 0.438. The van der Waals surface area contributed by atoms with Crippen molar-refractivity contribution in [3.05, 3.63) is 47.5 Å². The Hall–Kier alpha value is -1.61. The molecule has 0 radical (unpaired) electrons.